The largest absolute Gasteiger partial charge is 0.317 e. The number of rotatable bonds is 10. The first-order chi connectivity index (χ1) is 9.49. The number of thiophene rings is 1. The summed E-state index contributed by atoms with van der Waals surface area (Å²) in [6.07, 6.45) is 2.90. The number of nitrogens with one attached hydrogen (secondary N) is 2. The number of likely N-dealkylation sites (N-methyl/N-ethyl adjacent to an activating group) is 1. The Morgan fingerprint density at radius 2 is 2.15 bits per heavy atom. The van der Waals surface area contributed by atoms with Crippen molar-refractivity contribution in [3.63, 3.8) is 0 Å². The van der Waals surface area contributed by atoms with Gasteiger partial charge in [0, 0.05) is 11.4 Å². The lowest BCUT2D eigenvalue weighted by Gasteiger charge is -2.10. The summed E-state index contributed by atoms with van der Waals surface area (Å²) in [7, 11) is -3.34. The molecular weight excluding hydrogens is 312 g/mol. The summed E-state index contributed by atoms with van der Waals surface area (Å²) in [5.74, 6) is 1.30. The maximum Gasteiger partial charge on any atom is 0.250 e. The molecule has 0 radical (unpaired) electrons. The molecule has 1 unspecified atom stereocenters. The molecule has 7 heteroatoms. The van der Waals surface area contributed by atoms with Crippen molar-refractivity contribution in [3.05, 3.63) is 17.0 Å². The first-order valence-electron chi connectivity index (χ1n) is 6.77. The summed E-state index contributed by atoms with van der Waals surface area (Å²) < 4.78 is 27.4. The van der Waals surface area contributed by atoms with E-state index < -0.39 is 10.0 Å². The van der Waals surface area contributed by atoms with Crippen LogP contribution in [0.5, 0.6) is 0 Å². The van der Waals surface area contributed by atoms with Crippen LogP contribution in [0.15, 0.2) is 16.3 Å². The van der Waals surface area contributed by atoms with Gasteiger partial charge >= 0.3 is 0 Å². The van der Waals surface area contributed by atoms with Gasteiger partial charge in [0.2, 0.25) is 10.0 Å². The minimum absolute atomic E-state index is 0.341. The fourth-order valence-electron chi connectivity index (χ4n) is 1.69. The number of hydrogen-bond acceptors (Lipinski definition) is 5. The third kappa shape index (κ3) is 6.13. The van der Waals surface area contributed by atoms with Crippen LogP contribution < -0.4 is 10.0 Å². The van der Waals surface area contributed by atoms with Crippen molar-refractivity contribution in [2.75, 3.05) is 31.6 Å². The molecule has 0 aliphatic carbocycles. The maximum atomic E-state index is 12.2. The first kappa shape index (κ1) is 18.0. The van der Waals surface area contributed by atoms with Crippen LogP contribution in [0.4, 0.5) is 0 Å². The lowest BCUT2D eigenvalue weighted by molar-refractivity contribution is 0.564. The molecule has 1 aromatic rings. The van der Waals surface area contributed by atoms with E-state index in [0.29, 0.717) is 16.7 Å². The smallest absolute Gasteiger partial charge is 0.250 e. The van der Waals surface area contributed by atoms with Crippen LogP contribution in [0, 0.1) is 5.92 Å². The minimum Gasteiger partial charge on any atom is -0.317 e. The Morgan fingerprint density at radius 1 is 1.40 bits per heavy atom. The van der Waals surface area contributed by atoms with Gasteiger partial charge in [-0.1, -0.05) is 13.8 Å². The fourth-order valence-corrected chi connectivity index (χ4v) is 4.94. The maximum absolute atomic E-state index is 12.2. The van der Waals surface area contributed by atoms with Crippen molar-refractivity contribution in [3.8, 4) is 0 Å². The molecule has 4 nitrogen and oxygen atoms in total. The second kappa shape index (κ2) is 9.04. The van der Waals surface area contributed by atoms with Gasteiger partial charge in [-0.25, -0.2) is 13.1 Å². The highest BCUT2D eigenvalue weighted by molar-refractivity contribution is 7.98. The van der Waals surface area contributed by atoms with E-state index >= 15 is 0 Å². The van der Waals surface area contributed by atoms with Crippen LogP contribution in [0.25, 0.3) is 0 Å². The molecule has 1 aromatic heterocycles. The molecule has 1 heterocycles. The summed E-state index contributed by atoms with van der Waals surface area (Å²) in [6.45, 7) is 6.42. The van der Waals surface area contributed by atoms with Gasteiger partial charge in [-0.2, -0.15) is 11.8 Å². The first-order valence-corrected chi connectivity index (χ1v) is 10.5. The Labute approximate surface area is 130 Å². The summed E-state index contributed by atoms with van der Waals surface area (Å²) in [6, 6.07) is 3.61. The van der Waals surface area contributed by atoms with E-state index in [9.17, 15) is 8.42 Å². The van der Waals surface area contributed by atoms with E-state index in [4.69, 9.17) is 0 Å². The van der Waals surface area contributed by atoms with Gasteiger partial charge in [-0.15, -0.1) is 11.3 Å². The van der Waals surface area contributed by atoms with Gasteiger partial charge in [0.05, 0.1) is 0 Å². The van der Waals surface area contributed by atoms with E-state index in [1.807, 2.05) is 12.3 Å². The third-order valence-electron chi connectivity index (χ3n) is 2.77. The zero-order valence-corrected chi connectivity index (χ0v) is 14.8. The fraction of sp³-hybridized carbons (Fsp3) is 0.692. The average molecular weight is 337 g/mol. The number of hydrogen-bond donors (Lipinski definition) is 2. The number of sulfonamides is 1. The van der Waals surface area contributed by atoms with Crippen LogP contribution in [-0.4, -0.2) is 40.1 Å². The van der Waals surface area contributed by atoms with E-state index in [0.717, 1.165) is 30.1 Å². The monoisotopic (exact) mass is 336 g/mol. The Bertz CT molecular complexity index is 486. The van der Waals surface area contributed by atoms with Crippen molar-refractivity contribution in [2.24, 2.45) is 5.92 Å². The summed E-state index contributed by atoms with van der Waals surface area (Å²) in [4.78, 5) is 1.10. The molecule has 116 valence electrons. The summed E-state index contributed by atoms with van der Waals surface area (Å²) in [5, 5.41) is 3.24. The van der Waals surface area contributed by atoms with Crippen molar-refractivity contribution < 1.29 is 8.42 Å². The zero-order chi connectivity index (χ0) is 15.0. The molecule has 1 rings (SSSR count). The van der Waals surface area contributed by atoms with Gasteiger partial charge in [0.1, 0.15) is 4.21 Å². The summed E-state index contributed by atoms with van der Waals surface area (Å²) >= 11 is 3.09. The predicted octanol–water partition coefficient (Wildman–Crippen LogP) is 2.18. The average Bonchev–Trinajstić information content (AvgIpc) is 2.87. The molecule has 0 aromatic carbocycles. The second-order valence-corrected chi connectivity index (χ2v) is 8.81. The highest BCUT2D eigenvalue weighted by atomic mass is 32.2. The van der Waals surface area contributed by atoms with E-state index in [1.165, 1.54) is 11.3 Å². The van der Waals surface area contributed by atoms with Crippen LogP contribution in [0.1, 0.15) is 18.7 Å². The minimum atomic E-state index is -3.34. The lowest BCUT2D eigenvalue weighted by Crippen LogP contribution is -2.28. The molecule has 20 heavy (non-hydrogen) atoms. The molecule has 2 N–H and O–H groups in total. The molecule has 0 amide bonds. The number of thioether (sulfide) groups is 1. The quantitative estimate of drug-likeness (QED) is 0.643. The van der Waals surface area contributed by atoms with Gasteiger partial charge in [0.15, 0.2) is 0 Å². The molecule has 0 spiro atoms. The molecule has 1 atom stereocenters. The standard InChI is InChI=1S/C13H24N2O2S3/c1-4-14-8-7-12-5-6-13(19-12)20(16,17)15-9-11(2)10-18-3/h5-6,11,14-15H,4,7-10H2,1-3H3. The zero-order valence-electron chi connectivity index (χ0n) is 12.3. The van der Waals surface area contributed by atoms with Gasteiger partial charge in [-0.3, -0.25) is 0 Å². The second-order valence-electron chi connectivity index (χ2n) is 4.74. The molecule has 0 saturated heterocycles. The van der Waals surface area contributed by atoms with Gasteiger partial charge in [0.25, 0.3) is 0 Å². The van der Waals surface area contributed by atoms with E-state index in [1.54, 1.807) is 17.8 Å². The van der Waals surface area contributed by atoms with E-state index in [2.05, 4.69) is 23.9 Å². The van der Waals surface area contributed by atoms with Gasteiger partial charge < -0.3 is 5.32 Å². The highest BCUT2D eigenvalue weighted by Gasteiger charge is 2.17. The molecule has 0 aliphatic heterocycles. The van der Waals surface area contributed by atoms with Crippen molar-refractivity contribution >= 4 is 33.1 Å². The molecule has 0 bridgehead atoms. The molecule has 0 aliphatic rings. The normalized spacial score (nSPS) is 13.6. The molecule has 0 fully saturated rings. The molecular formula is C13H24N2O2S3. The van der Waals surface area contributed by atoms with Crippen LogP contribution in [0.2, 0.25) is 0 Å². The Hall–Kier alpha value is -0.0800. The topological polar surface area (TPSA) is 58.2 Å². The Balaban J connectivity index is 2.54. The predicted molar refractivity (Wildman–Crippen MR) is 89.3 cm³/mol. The van der Waals surface area contributed by atoms with Crippen molar-refractivity contribution in [2.45, 2.75) is 24.5 Å². The third-order valence-corrected chi connectivity index (χ3v) is 6.74. The SMILES string of the molecule is CCNCCc1ccc(S(=O)(=O)NCC(C)CSC)s1. The van der Waals surface area contributed by atoms with Crippen molar-refractivity contribution in [1.82, 2.24) is 10.0 Å². The highest BCUT2D eigenvalue weighted by Crippen LogP contribution is 2.21. The summed E-state index contributed by atoms with van der Waals surface area (Å²) in [5.41, 5.74) is 0. The Kier molecular flexibility index (Phi) is 8.13. The Morgan fingerprint density at radius 3 is 2.80 bits per heavy atom. The lowest BCUT2D eigenvalue weighted by atomic mass is 10.2. The molecule has 0 saturated carbocycles. The van der Waals surface area contributed by atoms with E-state index in [-0.39, 0.29) is 0 Å². The van der Waals surface area contributed by atoms with Crippen molar-refractivity contribution in [1.29, 1.82) is 0 Å². The van der Waals surface area contributed by atoms with Crippen LogP contribution in [-0.2, 0) is 16.4 Å². The van der Waals surface area contributed by atoms with Crippen LogP contribution >= 0.6 is 23.1 Å². The van der Waals surface area contributed by atoms with Gasteiger partial charge in [-0.05, 0) is 49.6 Å². The van der Waals surface area contributed by atoms with Crippen LogP contribution in [0.3, 0.4) is 0 Å².